The van der Waals surface area contributed by atoms with Gasteiger partial charge in [0.15, 0.2) is 0 Å². The van der Waals surface area contributed by atoms with Crippen LogP contribution in [0.4, 0.5) is 10.2 Å². The second-order valence-electron chi connectivity index (χ2n) is 9.46. The van der Waals surface area contributed by atoms with Gasteiger partial charge in [0.1, 0.15) is 11.6 Å². The first kappa shape index (κ1) is 21.1. The van der Waals surface area contributed by atoms with Crippen molar-refractivity contribution in [3.63, 3.8) is 0 Å². The molecular formula is C24H30ClFN4O. The monoisotopic (exact) mass is 444 g/mol. The molecule has 5 nitrogen and oxygen atoms in total. The van der Waals surface area contributed by atoms with E-state index in [9.17, 15) is 4.39 Å². The van der Waals surface area contributed by atoms with Crippen LogP contribution in [-0.2, 0) is 4.74 Å². The van der Waals surface area contributed by atoms with Gasteiger partial charge in [0.25, 0.3) is 0 Å². The Morgan fingerprint density at radius 3 is 2.81 bits per heavy atom. The molecule has 1 saturated carbocycles. The van der Waals surface area contributed by atoms with Crippen LogP contribution in [-0.4, -0.2) is 54.5 Å². The lowest BCUT2D eigenvalue weighted by Crippen LogP contribution is -2.40. The van der Waals surface area contributed by atoms with Gasteiger partial charge in [-0.1, -0.05) is 11.6 Å². The van der Waals surface area contributed by atoms with E-state index in [-0.39, 0.29) is 5.82 Å². The molecule has 2 aromatic rings. The van der Waals surface area contributed by atoms with Crippen LogP contribution in [0.25, 0.3) is 11.3 Å². The summed E-state index contributed by atoms with van der Waals surface area (Å²) in [6.07, 6.45) is 6.45. The second kappa shape index (κ2) is 9.00. The number of hydrogen-bond donors (Lipinski definition) is 1. The van der Waals surface area contributed by atoms with Crippen molar-refractivity contribution >= 4 is 17.4 Å². The lowest BCUT2D eigenvalue weighted by Gasteiger charge is -2.36. The van der Waals surface area contributed by atoms with Crippen molar-refractivity contribution in [3.8, 4) is 11.3 Å². The van der Waals surface area contributed by atoms with Gasteiger partial charge in [0, 0.05) is 25.3 Å². The van der Waals surface area contributed by atoms with E-state index in [1.54, 1.807) is 6.07 Å². The van der Waals surface area contributed by atoms with Crippen LogP contribution in [0.3, 0.4) is 0 Å². The molecule has 7 heteroatoms. The summed E-state index contributed by atoms with van der Waals surface area (Å²) in [5.41, 5.74) is 1.66. The van der Waals surface area contributed by atoms with E-state index < -0.39 is 0 Å². The molecule has 1 aliphatic carbocycles. The number of likely N-dealkylation sites (tertiary alicyclic amines) is 1. The summed E-state index contributed by atoms with van der Waals surface area (Å²) >= 11 is 6.17. The van der Waals surface area contributed by atoms with Crippen LogP contribution in [0.15, 0.2) is 30.3 Å². The Kier molecular flexibility index (Phi) is 6.13. The van der Waals surface area contributed by atoms with E-state index in [1.165, 1.54) is 63.9 Å². The van der Waals surface area contributed by atoms with Gasteiger partial charge in [-0.2, -0.15) is 0 Å². The summed E-state index contributed by atoms with van der Waals surface area (Å²) in [7, 11) is 0. The van der Waals surface area contributed by atoms with Crippen molar-refractivity contribution in [3.05, 3.63) is 41.2 Å². The zero-order valence-corrected chi connectivity index (χ0v) is 18.6. The molecule has 2 aliphatic heterocycles. The maximum atomic E-state index is 13.5. The summed E-state index contributed by atoms with van der Waals surface area (Å²) in [6.45, 7) is 6.46. The molecule has 166 valence electrons. The molecule has 2 saturated heterocycles. The summed E-state index contributed by atoms with van der Waals surface area (Å²) in [6, 6.07) is 8.01. The number of benzene rings is 1. The number of rotatable bonds is 6. The van der Waals surface area contributed by atoms with Gasteiger partial charge < -0.3 is 15.0 Å². The van der Waals surface area contributed by atoms with Crippen LogP contribution in [0, 0.1) is 23.1 Å². The van der Waals surface area contributed by atoms with E-state index >= 15 is 0 Å². The maximum absolute atomic E-state index is 13.5. The average Bonchev–Trinajstić information content (AvgIpc) is 3.48. The molecule has 1 aromatic heterocycles. The van der Waals surface area contributed by atoms with Crippen molar-refractivity contribution in [2.24, 2.45) is 17.3 Å². The Bertz CT molecular complexity index is 895. The van der Waals surface area contributed by atoms with Crippen molar-refractivity contribution in [2.45, 2.75) is 32.1 Å². The van der Waals surface area contributed by atoms with Gasteiger partial charge >= 0.3 is 0 Å². The highest BCUT2D eigenvalue weighted by Crippen LogP contribution is 2.59. The maximum Gasteiger partial charge on any atom is 0.148 e. The zero-order chi connectivity index (χ0) is 21.3. The summed E-state index contributed by atoms with van der Waals surface area (Å²) in [4.78, 5) is 2.65. The molecule has 0 unspecified atom stereocenters. The lowest BCUT2D eigenvalue weighted by molar-refractivity contribution is 0.0309. The fourth-order valence-corrected chi connectivity index (χ4v) is 5.54. The first-order valence-electron chi connectivity index (χ1n) is 11.4. The molecule has 3 aliphatic rings. The van der Waals surface area contributed by atoms with Crippen LogP contribution in [0.2, 0.25) is 5.02 Å². The number of piperidine rings is 1. The molecule has 0 radical (unpaired) electrons. The molecule has 3 heterocycles. The van der Waals surface area contributed by atoms with Gasteiger partial charge in [0.2, 0.25) is 0 Å². The smallest absolute Gasteiger partial charge is 0.148 e. The van der Waals surface area contributed by atoms with Gasteiger partial charge in [-0.05, 0) is 92.8 Å². The molecule has 0 amide bonds. The molecule has 1 N–H and O–H groups in total. The van der Waals surface area contributed by atoms with Gasteiger partial charge in [0.05, 0.1) is 17.3 Å². The second-order valence-corrected chi connectivity index (χ2v) is 9.86. The van der Waals surface area contributed by atoms with Crippen molar-refractivity contribution < 1.29 is 9.13 Å². The quantitative estimate of drug-likeness (QED) is 0.688. The number of halogens is 2. The SMILES string of the molecule is Fc1ccc(Cl)c(-c2ccc(NC[C@@H]3CC34CCN(C[C@H]3CCCOC3)CC4)nn2)c1. The predicted molar refractivity (Wildman–Crippen MR) is 121 cm³/mol. The van der Waals surface area contributed by atoms with E-state index in [2.05, 4.69) is 20.4 Å². The fraction of sp³-hybridized carbons (Fsp3) is 0.583. The standard InChI is InChI=1S/C24H30ClFN4O/c25-21-4-3-19(26)12-20(21)22-5-6-23(29-28-22)27-14-18-13-24(18)7-9-30(10-8-24)15-17-2-1-11-31-16-17/h3-6,12,17-18H,1-2,7-11,13-16H2,(H,27,29)/t17-,18+/m1/s1. The summed E-state index contributed by atoms with van der Waals surface area (Å²) in [5.74, 6) is 1.86. The van der Waals surface area contributed by atoms with E-state index in [0.29, 0.717) is 27.6 Å². The van der Waals surface area contributed by atoms with Gasteiger partial charge in [-0.25, -0.2) is 4.39 Å². The number of anilines is 1. The number of ether oxygens (including phenoxy) is 1. The minimum atomic E-state index is -0.333. The predicted octanol–water partition coefficient (Wildman–Crippen LogP) is 4.88. The third-order valence-corrected chi connectivity index (χ3v) is 7.71. The zero-order valence-electron chi connectivity index (χ0n) is 17.8. The average molecular weight is 445 g/mol. The first-order chi connectivity index (χ1) is 15.1. The van der Waals surface area contributed by atoms with Crippen molar-refractivity contribution in [1.82, 2.24) is 15.1 Å². The highest BCUT2D eigenvalue weighted by molar-refractivity contribution is 6.33. The number of nitrogens with one attached hydrogen (secondary N) is 1. The minimum absolute atomic E-state index is 0.333. The van der Waals surface area contributed by atoms with Gasteiger partial charge in [-0.3, -0.25) is 0 Å². The topological polar surface area (TPSA) is 50.3 Å². The Morgan fingerprint density at radius 2 is 2.06 bits per heavy atom. The molecule has 1 spiro atoms. The molecule has 2 atom stereocenters. The van der Waals surface area contributed by atoms with Crippen molar-refractivity contribution in [2.75, 3.05) is 44.7 Å². The third-order valence-electron chi connectivity index (χ3n) is 7.38. The number of aromatic nitrogens is 2. The summed E-state index contributed by atoms with van der Waals surface area (Å²) in [5, 5.41) is 12.4. The highest BCUT2D eigenvalue weighted by Gasteiger charge is 2.54. The van der Waals surface area contributed by atoms with Gasteiger partial charge in [-0.15, -0.1) is 10.2 Å². The summed E-state index contributed by atoms with van der Waals surface area (Å²) < 4.78 is 19.2. The Labute approximate surface area is 188 Å². The molecule has 0 bridgehead atoms. The number of hydrogen-bond acceptors (Lipinski definition) is 5. The number of nitrogens with zero attached hydrogens (tertiary/aromatic N) is 3. The minimum Gasteiger partial charge on any atom is -0.381 e. The van der Waals surface area contributed by atoms with Crippen LogP contribution >= 0.6 is 11.6 Å². The normalized spacial score (nSPS) is 25.5. The van der Waals surface area contributed by atoms with E-state index in [1.807, 2.05) is 12.1 Å². The molecule has 31 heavy (non-hydrogen) atoms. The fourth-order valence-electron chi connectivity index (χ4n) is 5.32. The largest absolute Gasteiger partial charge is 0.381 e. The van der Waals surface area contributed by atoms with E-state index in [0.717, 1.165) is 31.5 Å². The molecule has 3 fully saturated rings. The highest BCUT2D eigenvalue weighted by atomic mass is 35.5. The Balaban J connectivity index is 1.09. The third kappa shape index (κ3) is 4.86. The van der Waals surface area contributed by atoms with E-state index in [4.69, 9.17) is 16.3 Å². The molecular weight excluding hydrogens is 415 g/mol. The Hall–Kier alpha value is -1.76. The van der Waals surface area contributed by atoms with Crippen LogP contribution in [0.1, 0.15) is 32.1 Å². The van der Waals surface area contributed by atoms with Crippen LogP contribution < -0.4 is 5.32 Å². The van der Waals surface area contributed by atoms with Crippen molar-refractivity contribution in [1.29, 1.82) is 0 Å². The lowest BCUT2D eigenvalue weighted by atomic mass is 9.90. The molecule has 1 aromatic carbocycles. The van der Waals surface area contributed by atoms with Crippen LogP contribution in [0.5, 0.6) is 0 Å². The molecule has 5 rings (SSSR count). The first-order valence-corrected chi connectivity index (χ1v) is 11.8. The Morgan fingerprint density at radius 1 is 1.19 bits per heavy atom.